The first-order chi connectivity index (χ1) is 9.34. The molecule has 1 rings (SSSR count). The molecule has 0 saturated carbocycles. The molecule has 4 nitrogen and oxygen atoms in total. The van der Waals surface area contributed by atoms with Crippen molar-refractivity contribution in [3.63, 3.8) is 0 Å². The van der Waals surface area contributed by atoms with Crippen LogP contribution in [0, 0.1) is 5.41 Å². The van der Waals surface area contributed by atoms with E-state index >= 15 is 0 Å². The fraction of sp³-hybridized carbons (Fsp3) is 0.462. The molecule has 0 aliphatic rings. The average Bonchev–Trinajstić information content (AvgIpc) is 2.34. The molecule has 0 atom stereocenters. The van der Waals surface area contributed by atoms with Crippen LogP contribution in [0.5, 0.6) is 0 Å². The molecule has 0 saturated heterocycles. The highest BCUT2D eigenvalue weighted by atomic mass is 32.2. The van der Waals surface area contributed by atoms with Crippen LogP contribution < -0.4 is 4.72 Å². The number of carbonyl (C=O) groups excluding carboxylic acids is 1. The lowest BCUT2D eigenvalue weighted by Gasteiger charge is -2.17. The number of rotatable bonds is 4. The van der Waals surface area contributed by atoms with Gasteiger partial charge in [-0.05, 0) is 18.2 Å². The summed E-state index contributed by atoms with van der Waals surface area (Å²) in [5, 5.41) is 0. The van der Waals surface area contributed by atoms with E-state index in [-0.39, 0.29) is 5.78 Å². The van der Waals surface area contributed by atoms with Crippen LogP contribution in [-0.4, -0.2) is 20.7 Å². The first-order valence-corrected chi connectivity index (χ1v) is 7.52. The minimum Gasteiger partial charge on any atom is -0.298 e. The maximum absolute atomic E-state index is 12.6. The number of alkyl halides is 3. The zero-order valence-electron chi connectivity index (χ0n) is 11.8. The minimum absolute atomic E-state index is 0.363. The largest absolute Gasteiger partial charge is 0.416 e. The highest BCUT2D eigenvalue weighted by molar-refractivity contribution is 7.89. The molecule has 0 heterocycles. The number of nitrogens with one attached hydrogen (secondary N) is 1. The summed E-state index contributed by atoms with van der Waals surface area (Å²) in [5.74, 6) is -0.363. The van der Waals surface area contributed by atoms with E-state index in [4.69, 9.17) is 0 Å². The monoisotopic (exact) mass is 323 g/mol. The van der Waals surface area contributed by atoms with E-state index in [1.54, 1.807) is 20.8 Å². The summed E-state index contributed by atoms with van der Waals surface area (Å²) in [6, 6.07) is 3.35. The highest BCUT2D eigenvalue weighted by Crippen LogP contribution is 2.30. The predicted octanol–water partition coefficient (Wildman–Crippen LogP) is 2.60. The predicted molar refractivity (Wildman–Crippen MR) is 71.1 cm³/mol. The van der Waals surface area contributed by atoms with E-state index in [1.807, 2.05) is 4.72 Å². The molecular weight excluding hydrogens is 307 g/mol. The number of ketones is 1. The molecule has 21 heavy (non-hydrogen) atoms. The van der Waals surface area contributed by atoms with Gasteiger partial charge in [0.2, 0.25) is 10.0 Å². The van der Waals surface area contributed by atoms with Crippen LogP contribution in [0.2, 0.25) is 0 Å². The topological polar surface area (TPSA) is 63.2 Å². The van der Waals surface area contributed by atoms with E-state index < -0.39 is 38.6 Å². The van der Waals surface area contributed by atoms with E-state index in [1.165, 1.54) is 0 Å². The summed E-state index contributed by atoms with van der Waals surface area (Å²) < 4.78 is 63.5. The van der Waals surface area contributed by atoms with E-state index in [2.05, 4.69) is 0 Å². The van der Waals surface area contributed by atoms with Crippen LogP contribution in [0.4, 0.5) is 13.2 Å². The molecule has 0 aliphatic carbocycles. The van der Waals surface area contributed by atoms with Crippen LogP contribution in [-0.2, 0) is 21.0 Å². The zero-order chi connectivity index (χ0) is 16.5. The third-order valence-electron chi connectivity index (χ3n) is 2.73. The molecule has 118 valence electrons. The lowest BCUT2D eigenvalue weighted by Crippen LogP contribution is -2.35. The van der Waals surface area contributed by atoms with Crippen molar-refractivity contribution in [3.05, 3.63) is 29.8 Å². The van der Waals surface area contributed by atoms with E-state index in [0.717, 1.165) is 18.2 Å². The summed E-state index contributed by atoms with van der Waals surface area (Å²) >= 11 is 0. The van der Waals surface area contributed by atoms with E-state index in [9.17, 15) is 26.4 Å². The van der Waals surface area contributed by atoms with Gasteiger partial charge in [-0.25, -0.2) is 13.1 Å². The lowest BCUT2D eigenvalue weighted by molar-refractivity contribution is -0.137. The molecule has 0 fully saturated rings. The Balaban J connectivity index is 2.97. The second-order valence-corrected chi connectivity index (χ2v) is 7.29. The normalized spacial score (nSPS) is 13.2. The van der Waals surface area contributed by atoms with Crippen molar-refractivity contribution in [2.45, 2.75) is 31.8 Å². The Bertz CT molecular complexity index is 631. The first kappa shape index (κ1) is 17.6. The lowest BCUT2D eigenvalue weighted by atomic mass is 9.91. The molecule has 0 amide bonds. The smallest absolute Gasteiger partial charge is 0.298 e. The summed E-state index contributed by atoms with van der Waals surface area (Å²) in [6.45, 7) is 4.39. The number of benzene rings is 1. The Hall–Kier alpha value is -1.41. The molecule has 1 aromatic rings. The number of sulfonamides is 1. The van der Waals surface area contributed by atoms with Gasteiger partial charge in [0.25, 0.3) is 0 Å². The molecule has 0 radical (unpaired) electrons. The number of halogens is 3. The van der Waals surface area contributed by atoms with Crippen molar-refractivity contribution in [2.75, 3.05) is 6.54 Å². The van der Waals surface area contributed by atoms with Crippen LogP contribution in [0.1, 0.15) is 26.3 Å². The van der Waals surface area contributed by atoms with Gasteiger partial charge in [-0.15, -0.1) is 0 Å². The second-order valence-electron chi connectivity index (χ2n) is 5.52. The van der Waals surface area contributed by atoms with Gasteiger partial charge in [0.15, 0.2) is 5.78 Å². The summed E-state index contributed by atoms with van der Waals surface area (Å²) in [4.78, 5) is 11.1. The molecule has 8 heteroatoms. The fourth-order valence-corrected chi connectivity index (χ4v) is 2.38. The number of hydrogen-bond donors (Lipinski definition) is 1. The third-order valence-corrected chi connectivity index (χ3v) is 4.13. The van der Waals surface area contributed by atoms with Gasteiger partial charge in [-0.1, -0.05) is 26.8 Å². The van der Waals surface area contributed by atoms with Gasteiger partial charge in [0.1, 0.15) is 0 Å². The molecule has 1 N–H and O–H groups in total. The van der Waals surface area contributed by atoms with Crippen LogP contribution in [0.15, 0.2) is 29.2 Å². The number of hydrogen-bond acceptors (Lipinski definition) is 3. The van der Waals surface area contributed by atoms with Gasteiger partial charge in [-0.3, -0.25) is 4.79 Å². The van der Waals surface area contributed by atoms with Crippen LogP contribution >= 0.6 is 0 Å². The number of Topliss-reactive ketones (excluding diaryl/α,β-unsaturated/α-hetero) is 1. The molecule has 0 spiro atoms. The van der Waals surface area contributed by atoms with Gasteiger partial charge >= 0.3 is 6.18 Å². The fourth-order valence-electron chi connectivity index (χ4n) is 1.35. The molecule has 0 aromatic heterocycles. The Morgan fingerprint density at radius 2 is 1.76 bits per heavy atom. The van der Waals surface area contributed by atoms with Gasteiger partial charge in [-0.2, -0.15) is 13.2 Å². The quantitative estimate of drug-likeness (QED) is 0.926. The minimum atomic E-state index is -4.63. The highest BCUT2D eigenvalue weighted by Gasteiger charge is 2.32. The Morgan fingerprint density at radius 3 is 2.24 bits per heavy atom. The van der Waals surface area contributed by atoms with Gasteiger partial charge in [0, 0.05) is 5.41 Å². The van der Waals surface area contributed by atoms with Crippen molar-refractivity contribution in [1.29, 1.82) is 0 Å². The standard InChI is InChI=1S/C13H16F3NO3S/c1-12(2,3)11(18)8-17-21(19,20)10-6-4-5-9(7-10)13(14,15)16/h4-7,17H,8H2,1-3H3. The molecular formula is C13H16F3NO3S. The van der Waals surface area contributed by atoms with Gasteiger partial charge < -0.3 is 0 Å². The van der Waals surface area contributed by atoms with Crippen LogP contribution in [0.25, 0.3) is 0 Å². The number of carbonyl (C=O) groups is 1. The van der Waals surface area contributed by atoms with Crippen LogP contribution in [0.3, 0.4) is 0 Å². The van der Waals surface area contributed by atoms with Crippen molar-refractivity contribution in [1.82, 2.24) is 4.72 Å². The second kappa shape index (κ2) is 5.76. The summed E-state index contributed by atoms with van der Waals surface area (Å²) in [5.41, 5.74) is -1.80. The van der Waals surface area contributed by atoms with Crippen molar-refractivity contribution >= 4 is 15.8 Å². The molecule has 0 bridgehead atoms. The van der Waals surface area contributed by atoms with Gasteiger partial charge in [0.05, 0.1) is 17.0 Å². The Morgan fingerprint density at radius 1 is 1.19 bits per heavy atom. The molecule has 1 aromatic carbocycles. The SMILES string of the molecule is CC(C)(C)C(=O)CNS(=O)(=O)c1cccc(C(F)(F)F)c1. The van der Waals surface area contributed by atoms with Crippen molar-refractivity contribution in [3.8, 4) is 0 Å². The Labute approximate surface area is 121 Å². The summed E-state index contributed by atoms with van der Waals surface area (Å²) in [6.07, 6.45) is -4.63. The third kappa shape index (κ3) is 4.82. The maximum Gasteiger partial charge on any atom is 0.416 e. The Kier molecular flexibility index (Phi) is 4.84. The average molecular weight is 323 g/mol. The van der Waals surface area contributed by atoms with Crippen molar-refractivity contribution < 1.29 is 26.4 Å². The molecule has 0 unspecified atom stereocenters. The first-order valence-electron chi connectivity index (χ1n) is 6.04. The van der Waals surface area contributed by atoms with Crippen molar-refractivity contribution in [2.24, 2.45) is 5.41 Å². The zero-order valence-corrected chi connectivity index (χ0v) is 12.6. The maximum atomic E-state index is 12.6. The van der Waals surface area contributed by atoms with E-state index in [0.29, 0.717) is 6.07 Å². The molecule has 0 aliphatic heterocycles. The summed E-state index contributed by atoms with van der Waals surface area (Å²) in [7, 11) is -4.17.